The third kappa shape index (κ3) is 3.81. The predicted molar refractivity (Wildman–Crippen MR) is 78.0 cm³/mol. The Morgan fingerprint density at radius 1 is 1.30 bits per heavy atom. The summed E-state index contributed by atoms with van der Waals surface area (Å²) in [7, 11) is 1.99. The highest BCUT2D eigenvalue weighted by atomic mass is 16.4. The summed E-state index contributed by atoms with van der Waals surface area (Å²) in [5.74, 6) is -0.877. The lowest BCUT2D eigenvalue weighted by molar-refractivity contribution is 0.0166. The van der Waals surface area contributed by atoms with E-state index in [1.54, 1.807) is 12.1 Å². The lowest BCUT2D eigenvalue weighted by atomic mass is 10.0. The van der Waals surface area contributed by atoms with E-state index in [9.17, 15) is 9.90 Å². The molecule has 1 saturated carbocycles. The molecule has 2 rings (SSSR count). The van der Waals surface area contributed by atoms with Crippen molar-refractivity contribution in [1.29, 1.82) is 0 Å². The normalized spacial score (nSPS) is 17.6. The van der Waals surface area contributed by atoms with Crippen LogP contribution in [0.2, 0.25) is 0 Å². The molecule has 0 radical (unpaired) electrons. The summed E-state index contributed by atoms with van der Waals surface area (Å²) >= 11 is 0. The molecule has 0 spiro atoms. The number of aliphatic hydroxyl groups is 1. The Morgan fingerprint density at radius 3 is 2.60 bits per heavy atom. The van der Waals surface area contributed by atoms with Crippen LogP contribution in [0.15, 0.2) is 24.3 Å². The molecule has 0 aliphatic heterocycles. The van der Waals surface area contributed by atoms with Gasteiger partial charge in [0, 0.05) is 13.1 Å². The highest BCUT2D eigenvalue weighted by molar-refractivity contribution is 5.89. The largest absolute Gasteiger partial charge is 0.478 e. The van der Waals surface area contributed by atoms with Crippen LogP contribution in [0.4, 0.5) is 0 Å². The Balaban J connectivity index is 1.90. The quantitative estimate of drug-likeness (QED) is 0.836. The first kappa shape index (κ1) is 15.0. The minimum atomic E-state index is -0.877. The molecular formula is C16H23NO3. The zero-order chi connectivity index (χ0) is 14.6. The predicted octanol–water partition coefficient (Wildman–Crippen LogP) is 2.16. The Labute approximate surface area is 120 Å². The number of rotatable bonds is 6. The number of likely N-dealkylation sites (N-methyl/N-ethyl adjacent to an activating group) is 1. The van der Waals surface area contributed by atoms with Crippen molar-refractivity contribution in [2.75, 3.05) is 20.1 Å². The van der Waals surface area contributed by atoms with Crippen LogP contribution >= 0.6 is 0 Å². The van der Waals surface area contributed by atoms with E-state index in [2.05, 4.69) is 4.90 Å². The van der Waals surface area contributed by atoms with Crippen molar-refractivity contribution in [2.45, 2.75) is 37.7 Å². The monoisotopic (exact) mass is 277 g/mol. The Bertz CT molecular complexity index is 467. The highest BCUT2D eigenvalue weighted by Gasteiger charge is 2.31. The van der Waals surface area contributed by atoms with Gasteiger partial charge in [-0.3, -0.25) is 0 Å². The van der Waals surface area contributed by atoms with E-state index in [1.165, 1.54) is 0 Å². The first-order valence-corrected chi connectivity index (χ1v) is 7.22. The summed E-state index contributed by atoms with van der Waals surface area (Å²) in [6.07, 6.45) is 4.65. The summed E-state index contributed by atoms with van der Waals surface area (Å²) in [5.41, 5.74) is 0.687. The number of carbonyl (C=O) groups is 1. The zero-order valence-corrected chi connectivity index (χ0v) is 12.0. The van der Waals surface area contributed by atoms with Gasteiger partial charge in [-0.2, -0.15) is 0 Å². The summed E-state index contributed by atoms with van der Waals surface area (Å²) in [4.78, 5) is 13.2. The van der Waals surface area contributed by atoms with Crippen molar-refractivity contribution in [3.63, 3.8) is 0 Å². The molecule has 2 N–H and O–H groups in total. The molecule has 0 amide bonds. The molecule has 110 valence electrons. The summed E-state index contributed by atoms with van der Waals surface area (Å²) in [5, 5.41) is 19.5. The first-order valence-electron chi connectivity index (χ1n) is 7.22. The lowest BCUT2D eigenvalue weighted by Gasteiger charge is -2.28. The second-order valence-electron chi connectivity index (χ2n) is 5.88. The van der Waals surface area contributed by atoms with Crippen LogP contribution in [0.1, 0.15) is 41.6 Å². The standard InChI is InChI=1S/C16H23NO3/c1-17(12-16(20)9-4-5-10-16)11-8-13-6-2-3-7-14(13)15(18)19/h2-3,6-7,20H,4-5,8-12H2,1H3,(H,18,19). The molecule has 0 atom stereocenters. The molecule has 1 aliphatic carbocycles. The van der Waals surface area contributed by atoms with Gasteiger partial charge < -0.3 is 15.1 Å². The van der Waals surface area contributed by atoms with E-state index in [0.29, 0.717) is 18.5 Å². The number of hydrogen-bond acceptors (Lipinski definition) is 3. The summed E-state index contributed by atoms with van der Waals surface area (Å²) < 4.78 is 0. The van der Waals surface area contributed by atoms with E-state index in [4.69, 9.17) is 5.11 Å². The van der Waals surface area contributed by atoms with Gasteiger partial charge in [-0.25, -0.2) is 4.79 Å². The molecule has 4 heteroatoms. The average molecular weight is 277 g/mol. The molecule has 1 aromatic rings. The highest BCUT2D eigenvalue weighted by Crippen LogP contribution is 2.29. The van der Waals surface area contributed by atoms with Gasteiger partial charge in [0.2, 0.25) is 0 Å². The maximum atomic E-state index is 11.1. The van der Waals surface area contributed by atoms with Crippen LogP contribution < -0.4 is 0 Å². The molecule has 0 heterocycles. The fourth-order valence-electron chi connectivity index (χ4n) is 3.03. The van der Waals surface area contributed by atoms with Crippen molar-refractivity contribution in [3.8, 4) is 0 Å². The van der Waals surface area contributed by atoms with E-state index in [0.717, 1.165) is 37.8 Å². The minimum Gasteiger partial charge on any atom is -0.478 e. The molecule has 1 fully saturated rings. The van der Waals surface area contributed by atoms with Gasteiger partial charge >= 0.3 is 5.97 Å². The van der Waals surface area contributed by atoms with E-state index in [1.807, 2.05) is 19.2 Å². The van der Waals surface area contributed by atoms with Crippen LogP contribution in [0.25, 0.3) is 0 Å². The fraction of sp³-hybridized carbons (Fsp3) is 0.562. The summed E-state index contributed by atoms with van der Waals surface area (Å²) in [6, 6.07) is 7.12. The third-order valence-corrected chi connectivity index (χ3v) is 4.11. The lowest BCUT2D eigenvalue weighted by Crippen LogP contribution is -2.40. The number of carboxylic acid groups (broad SMARTS) is 1. The number of aromatic carboxylic acids is 1. The third-order valence-electron chi connectivity index (χ3n) is 4.11. The Hall–Kier alpha value is -1.39. The number of hydrogen-bond donors (Lipinski definition) is 2. The molecular weight excluding hydrogens is 254 g/mol. The molecule has 1 aromatic carbocycles. The van der Waals surface area contributed by atoms with E-state index >= 15 is 0 Å². The Kier molecular flexibility index (Phi) is 4.78. The fourth-order valence-corrected chi connectivity index (χ4v) is 3.03. The van der Waals surface area contributed by atoms with E-state index < -0.39 is 11.6 Å². The van der Waals surface area contributed by atoms with Gasteiger partial charge in [0.1, 0.15) is 0 Å². The van der Waals surface area contributed by atoms with Gasteiger partial charge in [-0.05, 0) is 37.9 Å². The van der Waals surface area contributed by atoms with Crippen LogP contribution in [-0.4, -0.2) is 46.8 Å². The molecule has 4 nitrogen and oxygen atoms in total. The number of nitrogens with zero attached hydrogens (tertiary/aromatic N) is 1. The van der Waals surface area contributed by atoms with E-state index in [-0.39, 0.29) is 0 Å². The molecule has 0 unspecified atom stereocenters. The smallest absolute Gasteiger partial charge is 0.335 e. The van der Waals surface area contributed by atoms with Crippen LogP contribution in [-0.2, 0) is 6.42 Å². The number of benzene rings is 1. The molecule has 20 heavy (non-hydrogen) atoms. The maximum absolute atomic E-state index is 11.1. The number of carboxylic acids is 1. The van der Waals surface area contributed by atoms with Gasteiger partial charge in [-0.1, -0.05) is 31.0 Å². The van der Waals surface area contributed by atoms with Gasteiger partial charge in [0.25, 0.3) is 0 Å². The van der Waals surface area contributed by atoms with Crippen molar-refractivity contribution >= 4 is 5.97 Å². The molecule has 1 aliphatic rings. The van der Waals surface area contributed by atoms with Crippen LogP contribution in [0.5, 0.6) is 0 Å². The average Bonchev–Trinajstić information content (AvgIpc) is 2.83. The molecule has 0 saturated heterocycles. The summed E-state index contributed by atoms with van der Waals surface area (Å²) in [6.45, 7) is 1.43. The second kappa shape index (κ2) is 6.37. The first-order chi connectivity index (χ1) is 9.50. The van der Waals surface area contributed by atoms with Crippen molar-refractivity contribution < 1.29 is 15.0 Å². The molecule has 0 aromatic heterocycles. The van der Waals surface area contributed by atoms with Gasteiger partial charge in [0.05, 0.1) is 11.2 Å². The van der Waals surface area contributed by atoms with Crippen molar-refractivity contribution in [1.82, 2.24) is 4.90 Å². The van der Waals surface area contributed by atoms with Gasteiger partial charge in [-0.15, -0.1) is 0 Å². The van der Waals surface area contributed by atoms with Gasteiger partial charge in [0.15, 0.2) is 0 Å². The topological polar surface area (TPSA) is 60.8 Å². The van der Waals surface area contributed by atoms with Crippen LogP contribution in [0, 0.1) is 0 Å². The SMILES string of the molecule is CN(CCc1ccccc1C(=O)O)CC1(O)CCCC1. The van der Waals surface area contributed by atoms with Crippen molar-refractivity contribution in [3.05, 3.63) is 35.4 Å². The van der Waals surface area contributed by atoms with Crippen molar-refractivity contribution in [2.24, 2.45) is 0 Å². The minimum absolute atomic E-state index is 0.375. The maximum Gasteiger partial charge on any atom is 0.335 e. The van der Waals surface area contributed by atoms with Crippen LogP contribution in [0.3, 0.4) is 0 Å². The second-order valence-corrected chi connectivity index (χ2v) is 5.88. The Morgan fingerprint density at radius 2 is 1.95 bits per heavy atom. The zero-order valence-electron chi connectivity index (χ0n) is 12.0. The molecule has 0 bridgehead atoms.